The Hall–Kier alpha value is -2.91. The van der Waals surface area contributed by atoms with Gasteiger partial charge in [0.1, 0.15) is 6.04 Å². The van der Waals surface area contributed by atoms with Gasteiger partial charge < -0.3 is 20.9 Å². The molecule has 1 aromatic carbocycles. The largest absolute Gasteiger partial charge is 0.361 e. The number of unbranched alkanes of at least 4 members (excludes halogenated alkanes) is 2. The van der Waals surface area contributed by atoms with Gasteiger partial charge in [-0.05, 0) is 50.4 Å². The lowest BCUT2D eigenvalue weighted by Crippen LogP contribution is -2.50. The number of nitrogens with one attached hydrogen (secondary N) is 5. The van der Waals surface area contributed by atoms with E-state index in [1.54, 1.807) is 5.48 Å². The molecule has 0 bridgehead atoms. The molecule has 0 aliphatic heterocycles. The van der Waals surface area contributed by atoms with Crippen molar-refractivity contribution in [3.8, 4) is 0 Å². The third-order valence-corrected chi connectivity index (χ3v) is 5.82. The van der Waals surface area contributed by atoms with Gasteiger partial charge in [0.2, 0.25) is 17.7 Å². The fourth-order valence-corrected chi connectivity index (χ4v) is 4.08. The zero-order valence-electron chi connectivity index (χ0n) is 20.4. The molecule has 0 radical (unpaired) electrons. The first kappa shape index (κ1) is 27.3. The van der Waals surface area contributed by atoms with Gasteiger partial charge in [0, 0.05) is 42.4 Å². The first-order valence-electron chi connectivity index (χ1n) is 12.1. The number of para-hydroxylation sites is 1. The van der Waals surface area contributed by atoms with Crippen LogP contribution in [0.3, 0.4) is 0 Å². The summed E-state index contributed by atoms with van der Waals surface area (Å²) in [6, 6.07) is 7.03. The molecule has 0 spiro atoms. The van der Waals surface area contributed by atoms with Gasteiger partial charge in [-0.2, -0.15) is 0 Å². The molecule has 9 nitrogen and oxygen atoms in total. The van der Waals surface area contributed by atoms with E-state index in [2.05, 4.69) is 20.9 Å². The van der Waals surface area contributed by atoms with Gasteiger partial charge in [0.25, 0.3) is 0 Å². The number of aromatic nitrogens is 1. The summed E-state index contributed by atoms with van der Waals surface area (Å²) in [7, 11) is 1.91. The first-order chi connectivity index (χ1) is 16.3. The summed E-state index contributed by atoms with van der Waals surface area (Å²) in [5.74, 6) is -1.72. The molecule has 0 saturated heterocycles. The van der Waals surface area contributed by atoms with Crippen LogP contribution in [-0.2, 0) is 20.8 Å². The van der Waals surface area contributed by atoms with Crippen LogP contribution in [0.4, 0.5) is 0 Å². The minimum atomic E-state index is -0.782. The van der Waals surface area contributed by atoms with Crippen LogP contribution >= 0.6 is 0 Å². The van der Waals surface area contributed by atoms with E-state index in [1.807, 2.05) is 51.4 Å². The smallest absolute Gasteiger partial charge is 0.244 e. The van der Waals surface area contributed by atoms with Crippen molar-refractivity contribution in [3.05, 3.63) is 36.0 Å². The Bertz CT molecular complexity index is 927. The Labute approximate surface area is 201 Å². The summed E-state index contributed by atoms with van der Waals surface area (Å²) in [6.07, 6.45) is 5.38. The normalized spacial score (nSPS) is 13.0. The molecule has 1 heterocycles. The lowest BCUT2D eigenvalue weighted by molar-refractivity contribution is -0.136. The SMILES string of the molecule is CNCCCCCNC(=O)[C@H](Cc1c[nH]c2ccccc12)NC(=O)[C@@H](CC(=O)NO)CC(C)C. The number of hydroxylamine groups is 1. The van der Waals surface area contributed by atoms with Crippen LogP contribution in [0.5, 0.6) is 0 Å². The van der Waals surface area contributed by atoms with Crippen molar-refractivity contribution >= 4 is 28.6 Å². The summed E-state index contributed by atoms with van der Waals surface area (Å²) in [5.41, 5.74) is 3.49. The van der Waals surface area contributed by atoms with E-state index in [1.165, 1.54) is 0 Å². The first-order valence-corrected chi connectivity index (χ1v) is 12.1. The van der Waals surface area contributed by atoms with E-state index >= 15 is 0 Å². The highest BCUT2D eigenvalue weighted by Gasteiger charge is 2.28. The quantitative estimate of drug-likeness (QED) is 0.134. The maximum absolute atomic E-state index is 13.1. The zero-order chi connectivity index (χ0) is 24.9. The Kier molecular flexibility index (Phi) is 11.6. The molecule has 1 aromatic heterocycles. The maximum Gasteiger partial charge on any atom is 0.244 e. The molecule has 34 heavy (non-hydrogen) atoms. The van der Waals surface area contributed by atoms with Crippen molar-refractivity contribution < 1.29 is 19.6 Å². The number of benzene rings is 1. The third kappa shape index (κ3) is 8.79. The highest BCUT2D eigenvalue weighted by atomic mass is 16.5. The van der Waals surface area contributed by atoms with Gasteiger partial charge in [0.05, 0.1) is 0 Å². The van der Waals surface area contributed by atoms with Crippen LogP contribution in [0.1, 0.15) is 51.5 Å². The van der Waals surface area contributed by atoms with Gasteiger partial charge in [-0.3, -0.25) is 19.6 Å². The highest BCUT2D eigenvalue weighted by molar-refractivity contribution is 5.91. The number of carbonyl (C=O) groups excluding carboxylic acids is 3. The lowest BCUT2D eigenvalue weighted by Gasteiger charge is -2.23. The van der Waals surface area contributed by atoms with Gasteiger partial charge in [-0.25, -0.2) is 5.48 Å². The number of hydrogen-bond donors (Lipinski definition) is 6. The molecule has 0 fully saturated rings. The number of H-pyrrole nitrogens is 1. The summed E-state index contributed by atoms with van der Waals surface area (Å²) in [4.78, 5) is 41.2. The number of rotatable bonds is 15. The molecule has 6 N–H and O–H groups in total. The molecule has 0 aliphatic rings. The fourth-order valence-electron chi connectivity index (χ4n) is 4.08. The summed E-state index contributed by atoms with van der Waals surface area (Å²) in [5, 5.41) is 18.9. The van der Waals surface area contributed by atoms with Crippen LogP contribution < -0.4 is 21.4 Å². The Balaban J connectivity index is 2.13. The minimum Gasteiger partial charge on any atom is -0.361 e. The van der Waals surface area contributed by atoms with Crippen molar-refractivity contribution in [1.82, 2.24) is 26.4 Å². The third-order valence-electron chi connectivity index (χ3n) is 5.82. The molecule has 188 valence electrons. The number of amides is 3. The second-order valence-corrected chi connectivity index (χ2v) is 9.15. The van der Waals surface area contributed by atoms with Gasteiger partial charge in [-0.1, -0.05) is 38.5 Å². The van der Waals surface area contributed by atoms with Crippen LogP contribution in [-0.4, -0.2) is 54.1 Å². The Morgan fingerprint density at radius 1 is 1.03 bits per heavy atom. The number of hydrogen-bond acceptors (Lipinski definition) is 5. The molecule has 3 amide bonds. The van der Waals surface area contributed by atoms with E-state index in [0.717, 1.165) is 42.3 Å². The molecule has 2 aromatic rings. The minimum absolute atomic E-state index is 0.145. The van der Waals surface area contributed by atoms with Crippen LogP contribution in [0.25, 0.3) is 10.9 Å². The topological polar surface area (TPSA) is 135 Å². The predicted octanol–water partition coefficient (Wildman–Crippen LogP) is 2.26. The van der Waals surface area contributed by atoms with Crippen molar-refractivity contribution in [2.45, 2.75) is 58.4 Å². The van der Waals surface area contributed by atoms with Crippen LogP contribution in [0.15, 0.2) is 30.5 Å². The number of carbonyl (C=O) groups is 3. The molecular formula is C25H39N5O4. The standard InChI is InChI=1S/C25H39N5O4/c1-17(2)13-18(15-23(31)30-34)24(32)29-22(25(33)27-12-8-4-7-11-26-3)14-19-16-28-21-10-6-5-9-20(19)21/h5-6,9-10,16-18,22,26,28,34H,4,7-8,11-15H2,1-3H3,(H,27,33)(H,29,32)(H,30,31)/t18-,22+/m1/s1. The van der Waals surface area contributed by atoms with Crippen molar-refractivity contribution in [1.29, 1.82) is 0 Å². The van der Waals surface area contributed by atoms with Crippen LogP contribution in [0.2, 0.25) is 0 Å². The van der Waals surface area contributed by atoms with E-state index in [9.17, 15) is 14.4 Å². The number of aromatic amines is 1. The molecular weight excluding hydrogens is 434 g/mol. The van der Waals surface area contributed by atoms with Gasteiger partial charge >= 0.3 is 0 Å². The van der Waals surface area contributed by atoms with Gasteiger partial charge in [0.15, 0.2) is 0 Å². The Morgan fingerprint density at radius 3 is 2.47 bits per heavy atom. The van der Waals surface area contributed by atoms with Crippen molar-refractivity contribution in [3.63, 3.8) is 0 Å². The zero-order valence-corrected chi connectivity index (χ0v) is 20.4. The maximum atomic E-state index is 13.1. The van der Waals surface area contributed by atoms with Gasteiger partial charge in [-0.15, -0.1) is 0 Å². The molecule has 2 rings (SSSR count). The molecule has 0 unspecified atom stereocenters. The van der Waals surface area contributed by atoms with E-state index in [-0.39, 0.29) is 24.2 Å². The molecule has 0 aliphatic carbocycles. The molecule has 9 heteroatoms. The van der Waals surface area contributed by atoms with E-state index in [4.69, 9.17) is 5.21 Å². The van der Waals surface area contributed by atoms with Crippen molar-refractivity contribution in [2.24, 2.45) is 11.8 Å². The molecule has 2 atom stereocenters. The predicted molar refractivity (Wildman–Crippen MR) is 132 cm³/mol. The monoisotopic (exact) mass is 473 g/mol. The summed E-state index contributed by atoms with van der Waals surface area (Å²) >= 11 is 0. The van der Waals surface area contributed by atoms with Crippen LogP contribution in [0, 0.1) is 11.8 Å². The number of fused-ring (bicyclic) bond motifs is 1. The van der Waals surface area contributed by atoms with Crippen molar-refractivity contribution in [2.75, 3.05) is 20.1 Å². The average molecular weight is 474 g/mol. The highest BCUT2D eigenvalue weighted by Crippen LogP contribution is 2.20. The molecule has 0 saturated carbocycles. The fraction of sp³-hybridized carbons (Fsp3) is 0.560. The summed E-state index contributed by atoms with van der Waals surface area (Å²) in [6.45, 7) is 5.39. The Morgan fingerprint density at radius 2 is 1.76 bits per heavy atom. The second kappa shape index (κ2) is 14.4. The average Bonchev–Trinajstić information content (AvgIpc) is 3.22. The second-order valence-electron chi connectivity index (χ2n) is 9.15. The van der Waals surface area contributed by atoms with E-state index < -0.39 is 17.9 Å². The lowest BCUT2D eigenvalue weighted by atomic mass is 9.92. The van der Waals surface area contributed by atoms with E-state index in [0.29, 0.717) is 19.4 Å². The summed E-state index contributed by atoms with van der Waals surface area (Å²) < 4.78 is 0.